The van der Waals surface area contributed by atoms with E-state index < -0.39 is 0 Å². The Bertz CT molecular complexity index is 191. The molecular formula is C8H9ClS. The van der Waals surface area contributed by atoms with Gasteiger partial charge in [0.05, 0.1) is 0 Å². The summed E-state index contributed by atoms with van der Waals surface area (Å²) in [6.07, 6.45) is 1.07. The lowest BCUT2D eigenvalue weighted by atomic mass is 10.2. The van der Waals surface area contributed by atoms with Gasteiger partial charge >= 0.3 is 0 Å². The van der Waals surface area contributed by atoms with Crippen LogP contribution in [0.5, 0.6) is 0 Å². The van der Waals surface area contributed by atoms with Crippen molar-refractivity contribution in [1.29, 1.82) is 0 Å². The van der Waals surface area contributed by atoms with E-state index in [1.807, 2.05) is 12.1 Å². The van der Waals surface area contributed by atoms with E-state index in [9.17, 15) is 0 Å². The molecular weight excluding hydrogens is 164 g/mol. The summed E-state index contributed by atoms with van der Waals surface area (Å²) in [6.45, 7) is 2.14. The topological polar surface area (TPSA) is 0 Å². The normalized spacial score (nSPS) is 9.80. The number of benzene rings is 1. The Morgan fingerprint density at radius 2 is 2.30 bits per heavy atom. The number of halogens is 1. The SMILES string of the molecule is CCc1cccc(SCl)c1. The first kappa shape index (κ1) is 7.96. The lowest BCUT2D eigenvalue weighted by Crippen LogP contribution is -1.77. The van der Waals surface area contributed by atoms with Crippen molar-refractivity contribution in [2.24, 2.45) is 0 Å². The number of hydrogen-bond acceptors (Lipinski definition) is 1. The molecule has 0 spiro atoms. The molecule has 0 nitrogen and oxygen atoms in total. The zero-order chi connectivity index (χ0) is 7.40. The van der Waals surface area contributed by atoms with Crippen LogP contribution in [0.4, 0.5) is 0 Å². The van der Waals surface area contributed by atoms with Crippen LogP contribution >= 0.6 is 21.7 Å². The molecule has 54 valence electrons. The van der Waals surface area contributed by atoms with Crippen LogP contribution in [0, 0.1) is 0 Å². The standard InChI is InChI=1S/C8H9ClS/c1-2-7-4-3-5-8(6-7)10-9/h3-6H,2H2,1H3. The summed E-state index contributed by atoms with van der Waals surface area (Å²) in [6, 6.07) is 8.26. The van der Waals surface area contributed by atoms with Gasteiger partial charge in [0.1, 0.15) is 0 Å². The van der Waals surface area contributed by atoms with Crippen molar-refractivity contribution < 1.29 is 0 Å². The first-order chi connectivity index (χ1) is 4.86. The number of aryl methyl sites for hydroxylation is 1. The van der Waals surface area contributed by atoms with E-state index in [2.05, 4.69) is 19.1 Å². The third-order valence-electron chi connectivity index (χ3n) is 1.40. The van der Waals surface area contributed by atoms with Crippen molar-refractivity contribution in [3.05, 3.63) is 29.8 Å². The second kappa shape index (κ2) is 3.89. The quantitative estimate of drug-likeness (QED) is 0.658. The van der Waals surface area contributed by atoms with E-state index >= 15 is 0 Å². The molecule has 0 N–H and O–H groups in total. The van der Waals surface area contributed by atoms with Crippen LogP contribution in [-0.2, 0) is 6.42 Å². The zero-order valence-electron chi connectivity index (χ0n) is 5.80. The highest BCUT2D eigenvalue weighted by atomic mass is 35.7. The van der Waals surface area contributed by atoms with E-state index in [4.69, 9.17) is 10.7 Å². The van der Waals surface area contributed by atoms with Gasteiger partial charge in [-0.1, -0.05) is 19.1 Å². The number of rotatable bonds is 2. The molecule has 0 fully saturated rings. The Hall–Kier alpha value is -0.140. The Labute approximate surface area is 70.1 Å². The number of hydrogen-bond donors (Lipinski definition) is 0. The van der Waals surface area contributed by atoms with Crippen molar-refractivity contribution in [2.45, 2.75) is 18.2 Å². The third-order valence-corrected chi connectivity index (χ3v) is 2.36. The Morgan fingerprint density at radius 3 is 2.90 bits per heavy atom. The van der Waals surface area contributed by atoms with Crippen LogP contribution in [-0.4, -0.2) is 0 Å². The smallest absolute Gasteiger partial charge is 0.0236 e. The van der Waals surface area contributed by atoms with Crippen LogP contribution < -0.4 is 0 Å². The van der Waals surface area contributed by atoms with E-state index in [1.54, 1.807) is 0 Å². The fourth-order valence-corrected chi connectivity index (χ4v) is 1.43. The fourth-order valence-electron chi connectivity index (χ4n) is 0.813. The van der Waals surface area contributed by atoms with Gasteiger partial charge in [-0.2, -0.15) is 0 Å². The highest BCUT2D eigenvalue weighted by molar-refractivity contribution is 8.21. The second-order valence-corrected chi connectivity index (χ2v) is 3.17. The van der Waals surface area contributed by atoms with E-state index in [1.165, 1.54) is 16.5 Å². The van der Waals surface area contributed by atoms with Crippen molar-refractivity contribution in [3.63, 3.8) is 0 Å². The fraction of sp³-hybridized carbons (Fsp3) is 0.250. The Kier molecular flexibility index (Phi) is 3.10. The molecule has 1 aromatic rings. The first-order valence-electron chi connectivity index (χ1n) is 3.24. The van der Waals surface area contributed by atoms with Gasteiger partial charge in [-0.15, -0.1) is 0 Å². The third kappa shape index (κ3) is 1.93. The molecule has 0 amide bonds. The van der Waals surface area contributed by atoms with Crippen molar-refractivity contribution in [2.75, 3.05) is 0 Å². The monoisotopic (exact) mass is 172 g/mol. The summed E-state index contributed by atoms with van der Waals surface area (Å²) >= 11 is 0. The van der Waals surface area contributed by atoms with Crippen LogP contribution in [0.1, 0.15) is 12.5 Å². The molecule has 10 heavy (non-hydrogen) atoms. The van der Waals surface area contributed by atoms with Gasteiger partial charge < -0.3 is 0 Å². The molecule has 0 saturated carbocycles. The van der Waals surface area contributed by atoms with Crippen LogP contribution in [0.3, 0.4) is 0 Å². The minimum Gasteiger partial charge on any atom is -0.0613 e. The van der Waals surface area contributed by atoms with Crippen LogP contribution in [0.25, 0.3) is 0 Å². The van der Waals surface area contributed by atoms with E-state index in [0.717, 1.165) is 11.3 Å². The van der Waals surface area contributed by atoms with Crippen LogP contribution in [0.2, 0.25) is 0 Å². The van der Waals surface area contributed by atoms with Gasteiger partial charge in [0.15, 0.2) is 0 Å². The van der Waals surface area contributed by atoms with Crippen molar-refractivity contribution >= 4 is 21.7 Å². The van der Waals surface area contributed by atoms with Crippen molar-refractivity contribution in [1.82, 2.24) is 0 Å². The second-order valence-electron chi connectivity index (χ2n) is 2.08. The molecule has 2 heteroatoms. The molecule has 1 aromatic carbocycles. The summed E-state index contributed by atoms with van der Waals surface area (Å²) < 4.78 is 0. The zero-order valence-corrected chi connectivity index (χ0v) is 7.38. The molecule has 0 atom stereocenters. The minimum absolute atomic E-state index is 1.07. The van der Waals surface area contributed by atoms with E-state index in [-0.39, 0.29) is 0 Å². The van der Waals surface area contributed by atoms with E-state index in [0.29, 0.717) is 0 Å². The highest BCUT2D eigenvalue weighted by Crippen LogP contribution is 2.22. The maximum Gasteiger partial charge on any atom is 0.0236 e. The summed E-state index contributed by atoms with van der Waals surface area (Å²) in [5.41, 5.74) is 1.34. The lowest BCUT2D eigenvalue weighted by molar-refractivity contribution is 1.12. The predicted octanol–water partition coefficient (Wildman–Crippen LogP) is 3.49. The van der Waals surface area contributed by atoms with Gasteiger partial charge in [-0.25, -0.2) is 0 Å². The highest BCUT2D eigenvalue weighted by Gasteiger charge is 1.91. The molecule has 0 aliphatic heterocycles. The summed E-state index contributed by atoms with van der Waals surface area (Å²) in [7, 11) is 6.84. The lowest BCUT2D eigenvalue weighted by Gasteiger charge is -1.96. The molecule has 1 rings (SSSR count). The van der Waals surface area contributed by atoms with Gasteiger partial charge in [-0.3, -0.25) is 0 Å². The molecule has 0 heterocycles. The molecule has 0 bridgehead atoms. The van der Waals surface area contributed by atoms with Gasteiger partial charge in [0.2, 0.25) is 0 Å². The Balaban J connectivity index is 2.87. The summed E-state index contributed by atoms with van der Waals surface area (Å²) in [5.74, 6) is 0. The molecule has 0 unspecified atom stereocenters. The summed E-state index contributed by atoms with van der Waals surface area (Å²) in [5, 5.41) is 0. The largest absolute Gasteiger partial charge is 0.0613 e. The average Bonchev–Trinajstić information content (AvgIpc) is 2.05. The summed E-state index contributed by atoms with van der Waals surface area (Å²) in [4.78, 5) is 1.13. The molecule has 0 aliphatic rings. The van der Waals surface area contributed by atoms with Gasteiger partial charge in [0.25, 0.3) is 0 Å². The average molecular weight is 173 g/mol. The molecule has 0 radical (unpaired) electrons. The first-order valence-corrected chi connectivity index (χ1v) is 4.88. The molecule has 0 aromatic heterocycles. The predicted molar refractivity (Wildman–Crippen MR) is 47.5 cm³/mol. The van der Waals surface area contributed by atoms with Crippen molar-refractivity contribution in [3.8, 4) is 0 Å². The van der Waals surface area contributed by atoms with Gasteiger partial charge in [-0.05, 0) is 45.8 Å². The Morgan fingerprint density at radius 1 is 1.50 bits per heavy atom. The van der Waals surface area contributed by atoms with Gasteiger partial charge in [0, 0.05) is 4.90 Å². The maximum atomic E-state index is 5.57. The van der Waals surface area contributed by atoms with Crippen LogP contribution in [0.15, 0.2) is 29.2 Å². The molecule has 0 saturated heterocycles. The molecule has 0 aliphatic carbocycles. The maximum absolute atomic E-state index is 5.57. The minimum atomic E-state index is 1.07.